The average molecular weight is 225 g/mol. The minimum Gasteiger partial charge on any atom is -0.389 e. The van der Waals surface area contributed by atoms with Gasteiger partial charge < -0.3 is 10.4 Å². The summed E-state index contributed by atoms with van der Waals surface area (Å²) in [6, 6.07) is 0. The van der Waals surface area contributed by atoms with E-state index in [0.29, 0.717) is 12.2 Å². The Hall–Kier alpha value is -1.01. The molecule has 6 nitrogen and oxygen atoms in total. The first-order chi connectivity index (χ1) is 7.58. The molecule has 1 aromatic heterocycles. The Labute approximate surface area is 95.0 Å². The molecule has 2 rings (SSSR count). The summed E-state index contributed by atoms with van der Waals surface area (Å²) in [5.74, 6) is 0.878. The molecule has 0 aromatic carbocycles. The molecular formula is C10H19N5O. The van der Waals surface area contributed by atoms with E-state index in [1.54, 1.807) is 7.05 Å². The van der Waals surface area contributed by atoms with E-state index < -0.39 is 5.60 Å². The average Bonchev–Trinajstić information content (AvgIpc) is 2.64. The van der Waals surface area contributed by atoms with Crippen molar-refractivity contribution >= 4 is 0 Å². The van der Waals surface area contributed by atoms with E-state index >= 15 is 0 Å². The number of nitrogens with one attached hydrogen (secondary N) is 1. The molecule has 0 radical (unpaired) electrons. The molecule has 2 unspecified atom stereocenters. The van der Waals surface area contributed by atoms with Gasteiger partial charge in [0.1, 0.15) is 0 Å². The first-order valence-corrected chi connectivity index (χ1v) is 5.74. The number of rotatable bonds is 3. The minimum atomic E-state index is -0.754. The maximum atomic E-state index is 10.4. The Morgan fingerprint density at radius 1 is 1.62 bits per heavy atom. The molecule has 6 heteroatoms. The van der Waals surface area contributed by atoms with Crippen LogP contribution in [-0.2, 0) is 13.5 Å². The standard InChI is InChI=1S/C10H19N5O/c1-10(16,8-4-3-5-11-7-8)6-9-12-14-15(2)13-9/h8,11,16H,3-7H2,1-2H3. The molecule has 90 valence electrons. The fourth-order valence-electron chi connectivity index (χ4n) is 2.24. The van der Waals surface area contributed by atoms with Gasteiger partial charge in [-0.2, -0.15) is 4.80 Å². The number of hydrogen-bond acceptors (Lipinski definition) is 5. The summed E-state index contributed by atoms with van der Waals surface area (Å²) >= 11 is 0. The Balaban J connectivity index is 2.00. The Morgan fingerprint density at radius 2 is 2.44 bits per heavy atom. The van der Waals surface area contributed by atoms with Crippen LogP contribution in [0.25, 0.3) is 0 Å². The van der Waals surface area contributed by atoms with E-state index in [-0.39, 0.29) is 5.92 Å². The van der Waals surface area contributed by atoms with Crippen LogP contribution in [0.3, 0.4) is 0 Å². The zero-order valence-electron chi connectivity index (χ0n) is 9.85. The summed E-state index contributed by atoms with van der Waals surface area (Å²) < 4.78 is 0. The molecule has 0 bridgehead atoms. The van der Waals surface area contributed by atoms with Crippen molar-refractivity contribution in [2.75, 3.05) is 13.1 Å². The number of tetrazole rings is 1. The van der Waals surface area contributed by atoms with Crippen molar-refractivity contribution in [1.82, 2.24) is 25.5 Å². The van der Waals surface area contributed by atoms with Crippen LogP contribution in [0.4, 0.5) is 0 Å². The van der Waals surface area contributed by atoms with Gasteiger partial charge in [0, 0.05) is 18.9 Å². The number of piperidine rings is 1. The molecular weight excluding hydrogens is 206 g/mol. The first kappa shape index (κ1) is 11.5. The summed E-state index contributed by atoms with van der Waals surface area (Å²) in [4.78, 5) is 1.42. The van der Waals surface area contributed by atoms with Crippen LogP contribution >= 0.6 is 0 Å². The van der Waals surface area contributed by atoms with Crippen molar-refractivity contribution in [1.29, 1.82) is 0 Å². The molecule has 0 amide bonds. The number of aryl methyl sites for hydroxylation is 1. The van der Waals surface area contributed by atoms with Crippen molar-refractivity contribution in [3.05, 3.63) is 5.82 Å². The molecule has 1 aromatic rings. The molecule has 1 aliphatic heterocycles. The highest BCUT2D eigenvalue weighted by Crippen LogP contribution is 2.26. The predicted molar refractivity (Wildman–Crippen MR) is 58.7 cm³/mol. The van der Waals surface area contributed by atoms with E-state index in [9.17, 15) is 5.11 Å². The molecule has 2 atom stereocenters. The maximum Gasteiger partial charge on any atom is 0.177 e. The maximum absolute atomic E-state index is 10.4. The molecule has 2 N–H and O–H groups in total. The molecule has 0 aliphatic carbocycles. The van der Waals surface area contributed by atoms with Gasteiger partial charge >= 0.3 is 0 Å². The number of aromatic nitrogens is 4. The van der Waals surface area contributed by atoms with Crippen molar-refractivity contribution < 1.29 is 5.11 Å². The van der Waals surface area contributed by atoms with Crippen molar-refractivity contribution in [2.45, 2.75) is 31.8 Å². The second-order valence-electron chi connectivity index (χ2n) is 4.77. The summed E-state index contributed by atoms with van der Waals surface area (Å²) in [5, 5.41) is 25.6. The fourth-order valence-corrected chi connectivity index (χ4v) is 2.24. The first-order valence-electron chi connectivity index (χ1n) is 5.74. The van der Waals surface area contributed by atoms with Crippen molar-refractivity contribution in [3.8, 4) is 0 Å². The lowest BCUT2D eigenvalue weighted by Crippen LogP contribution is -2.45. The normalized spacial score (nSPS) is 25.3. The largest absolute Gasteiger partial charge is 0.389 e. The van der Waals surface area contributed by atoms with E-state index in [2.05, 4.69) is 20.7 Å². The topological polar surface area (TPSA) is 75.9 Å². The van der Waals surface area contributed by atoms with Crippen molar-refractivity contribution in [2.24, 2.45) is 13.0 Å². The van der Waals surface area contributed by atoms with Crippen molar-refractivity contribution in [3.63, 3.8) is 0 Å². The Kier molecular flexibility index (Phi) is 3.20. The lowest BCUT2D eigenvalue weighted by atomic mass is 9.81. The lowest BCUT2D eigenvalue weighted by molar-refractivity contribution is -0.0118. The summed E-state index contributed by atoms with van der Waals surface area (Å²) in [6.45, 7) is 3.78. The smallest absolute Gasteiger partial charge is 0.177 e. The zero-order valence-corrected chi connectivity index (χ0v) is 9.85. The van der Waals surface area contributed by atoms with Crippen LogP contribution in [0.2, 0.25) is 0 Å². The van der Waals surface area contributed by atoms with Gasteiger partial charge in [0.2, 0.25) is 0 Å². The van der Waals surface area contributed by atoms with Gasteiger partial charge in [0.25, 0.3) is 0 Å². The van der Waals surface area contributed by atoms with E-state index in [0.717, 1.165) is 25.9 Å². The van der Waals surface area contributed by atoms with Gasteiger partial charge in [-0.25, -0.2) is 0 Å². The van der Waals surface area contributed by atoms with Crippen LogP contribution < -0.4 is 5.32 Å². The second-order valence-corrected chi connectivity index (χ2v) is 4.77. The zero-order chi connectivity index (χ0) is 11.6. The summed E-state index contributed by atoms with van der Waals surface area (Å²) in [7, 11) is 1.73. The molecule has 16 heavy (non-hydrogen) atoms. The molecule has 1 fully saturated rings. The van der Waals surface area contributed by atoms with E-state index in [4.69, 9.17) is 0 Å². The third-order valence-corrected chi connectivity index (χ3v) is 3.24. The molecule has 1 saturated heterocycles. The van der Waals surface area contributed by atoms with Crippen LogP contribution in [-0.4, -0.2) is 44.0 Å². The highest BCUT2D eigenvalue weighted by molar-refractivity contribution is 4.94. The Morgan fingerprint density at radius 3 is 3.00 bits per heavy atom. The van der Waals surface area contributed by atoms with Gasteiger partial charge in [-0.15, -0.1) is 10.2 Å². The molecule has 0 spiro atoms. The van der Waals surface area contributed by atoms with Crippen LogP contribution in [0.1, 0.15) is 25.6 Å². The second kappa shape index (κ2) is 4.47. The van der Waals surface area contributed by atoms with Gasteiger partial charge in [-0.3, -0.25) is 0 Å². The lowest BCUT2D eigenvalue weighted by Gasteiger charge is -2.35. The summed E-state index contributed by atoms with van der Waals surface area (Å²) in [5.41, 5.74) is -0.754. The Bertz CT molecular complexity index is 343. The number of nitrogens with zero attached hydrogens (tertiary/aromatic N) is 4. The third-order valence-electron chi connectivity index (χ3n) is 3.24. The van der Waals surface area contributed by atoms with E-state index in [1.807, 2.05) is 6.92 Å². The molecule has 2 heterocycles. The predicted octanol–water partition coefficient (Wildman–Crippen LogP) is -0.497. The fraction of sp³-hybridized carbons (Fsp3) is 0.900. The van der Waals surface area contributed by atoms with Gasteiger partial charge in [-0.1, -0.05) is 0 Å². The quantitative estimate of drug-likeness (QED) is 0.725. The number of hydrogen-bond donors (Lipinski definition) is 2. The van der Waals surface area contributed by atoms with Crippen LogP contribution in [0, 0.1) is 5.92 Å². The molecule has 0 saturated carbocycles. The molecule has 1 aliphatic rings. The van der Waals surface area contributed by atoms with Gasteiger partial charge in [-0.05, 0) is 31.5 Å². The van der Waals surface area contributed by atoms with Crippen LogP contribution in [0.15, 0.2) is 0 Å². The van der Waals surface area contributed by atoms with E-state index in [1.165, 1.54) is 4.80 Å². The highest BCUT2D eigenvalue weighted by Gasteiger charge is 2.34. The monoisotopic (exact) mass is 225 g/mol. The van der Waals surface area contributed by atoms with Gasteiger partial charge in [0.15, 0.2) is 5.82 Å². The van der Waals surface area contributed by atoms with Crippen LogP contribution in [0.5, 0.6) is 0 Å². The summed E-state index contributed by atoms with van der Waals surface area (Å²) in [6.07, 6.45) is 2.64. The third kappa shape index (κ3) is 2.56. The highest BCUT2D eigenvalue weighted by atomic mass is 16.3. The SMILES string of the molecule is Cn1nnc(CC(C)(O)C2CCCNC2)n1. The minimum absolute atomic E-state index is 0.269. The van der Waals surface area contributed by atoms with Gasteiger partial charge in [0.05, 0.1) is 12.6 Å². The number of aliphatic hydroxyl groups is 1.